The van der Waals surface area contributed by atoms with Crippen molar-refractivity contribution in [3.63, 3.8) is 0 Å². The molecule has 22 heavy (non-hydrogen) atoms. The SMILES string of the molecule is [2H]C([2H])([2H])Oc1nc(C(N)=O)c(S(=O)(=O)CC2CC2)cc1C[N+](=O)[O-]. The first-order valence-corrected chi connectivity index (χ1v) is 7.91. The molecule has 2 N–H and O–H groups in total. The van der Waals surface area contributed by atoms with Crippen LogP contribution < -0.4 is 10.5 Å². The number of hydrogen-bond donors (Lipinski definition) is 1. The third kappa shape index (κ3) is 3.50. The van der Waals surface area contributed by atoms with Crippen molar-refractivity contribution < 1.29 is 27.0 Å². The minimum atomic E-state index is -3.97. The van der Waals surface area contributed by atoms with Crippen molar-refractivity contribution in [2.75, 3.05) is 12.8 Å². The quantitative estimate of drug-likeness (QED) is 0.553. The Bertz CT molecular complexity index is 820. The van der Waals surface area contributed by atoms with Crippen molar-refractivity contribution in [3.8, 4) is 5.88 Å². The van der Waals surface area contributed by atoms with E-state index in [1.807, 2.05) is 0 Å². The monoisotopic (exact) mass is 332 g/mol. The zero-order chi connectivity index (χ0) is 19.0. The molecule has 0 unspecified atom stereocenters. The summed E-state index contributed by atoms with van der Waals surface area (Å²) in [5.41, 5.74) is 4.07. The summed E-state index contributed by atoms with van der Waals surface area (Å²) in [6.07, 6.45) is 1.45. The highest BCUT2D eigenvalue weighted by Gasteiger charge is 2.33. The molecule has 0 aliphatic heterocycles. The number of sulfone groups is 1. The van der Waals surface area contributed by atoms with Gasteiger partial charge >= 0.3 is 0 Å². The van der Waals surface area contributed by atoms with Gasteiger partial charge in [-0.05, 0) is 24.8 Å². The van der Waals surface area contributed by atoms with Crippen LogP contribution in [0, 0.1) is 16.0 Å². The number of aromatic nitrogens is 1. The van der Waals surface area contributed by atoms with Gasteiger partial charge in [0.15, 0.2) is 15.5 Å². The lowest BCUT2D eigenvalue weighted by Gasteiger charge is -2.11. The van der Waals surface area contributed by atoms with Crippen molar-refractivity contribution in [1.29, 1.82) is 0 Å². The van der Waals surface area contributed by atoms with E-state index in [4.69, 9.17) is 9.85 Å². The average molecular weight is 332 g/mol. The molecule has 0 atom stereocenters. The van der Waals surface area contributed by atoms with Crippen LogP contribution >= 0.6 is 0 Å². The summed E-state index contributed by atoms with van der Waals surface area (Å²) >= 11 is 0. The molecular formula is C12H15N3O6S. The van der Waals surface area contributed by atoms with Crippen molar-refractivity contribution in [3.05, 3.63) is 27.4 Å². The van der Waals surface area contributed by atoms with Gasteiger partial charge in [0, 0.05) is 4.92 Å². The number of nitrogens with zero attached hydrogens (tertiary/aromatic N) is 2. The lowest BCUT2D eigenvalue weighted by Crippen LogP contribution is -2.21. The predicted molar refractivity (Wildman–Crippen MR) is 74.8 cm³/mol. The highest BCUT2D eigenvalue weighted by molar-refractivity contribution is 7.91. The fourth-order valence-electron chi connectivity index (χ4n) is 1.96. The molecule has 1 aliphatic rings. The van der Waals surface area contributed by atoms with Crippen LogP contribution in [0.5, 0.6) is 5.88 Å². The average Bonchev–Trinajstić information content (AvgIpc) is 3.20. The number of methoxy groups -OCH3 is 1. The molecule has 120 valence electrons. The highest BCUT2D eigenvalue weighted by atomic mass is 32.2. The normalized spacial score (nSPS) is 17.2. The number of nitro groups is 1. The topological polar surface area (TPSA) is 142 Å². The summed E-state index contributed by atoms with van der Waals surface area (Å²) in [5, 5.41) is 10.8. The zero-order valence-corrected chi connectivity index (χ0v) is 12.1. The van der Waals surface area contributed by atoms with Crippen LogP contribution in [-0.4, -0.2) is 37.0 Å². The molecule has 1 fully saturated rings. The first-order valence-electron chi connectivity index (χ1n) is 7.76. The van der Waals surface area contributed by atoms with Crippen LogP contribution in [-0.2, 0) is 16.4 Å². The van der Waals surface area contributed by atoms with E-state index in [2.05, 4.69) is 9.72 Å². The Morgan fingerprint density at radius 1 is 1.64 bits per heavy atom. The Balaban J connectivity index is 2.61. The number of amides is 1. The minimum absolute atomic E-state index is 0.0528. The van der Waals surface area contributed by atoms with Crippen LogP contribution in [0.1, 0.15) is 33.0 Å². The molecule has 9 nitrogen and oxygen atoms in total. The standard InChI is InChI=1S/C12H15N3O6S/c1-21-12-8(5-15(17)18)4-9(10(14-12)11(13)16)22(19,20)6-7-2-3-7/h4,7H,2-3,5-6H2,1H3,(H2,13,16)/i1D3. The smallest absolute Gasteiger partial charge is 0.268 e. The molecular weight excluding hydrogens is 314 g/mol. The summed E-state index contributed by atoms with van der Waals surface area (Å²) in [5.74, 6) is -2.23. The summed E-state index contributed by atoms with van der Waals surface area (Å²) in [6.45, 7) is -0.927. The molecule has 2 rings (SSSR count). The van der Waals surface area contributed by atoms with Crippen molar-refractivity contribution in [2.24, 2.45) is 11.7 Å². The number of rotatable bonds is 7. The second-order valence-electron chi connectivity index (χ2n) is 4.98. The van der Waals surface area contributed by atoms with Crippen molar-refractivity contribution in [2.45, 2.75) is 24.3 Å². The molecule has 0 bridgehead atoms. The Morgan fingerprint density at radius 2 is 2.32 bits per heavy atom. The van der Waals surface area contributed by atoms with Gasteiger partial charge in [0.1, 0.15) is 0 Å². The molecule has 1 aromatic heterocycles. The molecule has 1 saturated carbocycles. The molecule has 1 amide bonds. The van der Waals surface area contributed by atoms with Gasteiger partial charge in [-0.2, -0.15) is 0 Å². The first kappa shape index (κ1) is 12.3. The second-order valence-corrected chi connectivity index (χ2v) is 6.98. The number of carbonyl (C=O) groups is 1. The summed E-state index contributed by atoms with van der Waals surface area (Å²) < 4.78 is 50.7. The van der Waals surface area contributed by atoms with Crippen LogP contribution in [0.2, 0.25) is 0 Å². The number of ether oxygens (including phenoxy) is 1. The molecule has 0 saturated heterocycles. The molecule has 0 radical (unpaired) electrons. The maximum Gasteiger partial charge on any atom is 0.268 e. The minimum Gasteiger partial charge on any atom is -0.481 e. The van der Waals surface area contributed by atoms with E-state index in [9.17, 15) is 23.3 Å². The van der Waals surface area contributed by atoms with Gasteiger partial charge in [0.05, 0.1) is 27.4 Å². The molecule has 1 heterocycles. The lowest BCUT2D eigenvalue weighted by molar-refractivity contribution is -0.497. The van der Waals surface area contributed by atoms with Gasteiger partial charge in [-0.25, -0.2) is 13.4 Å². The fourth-order valence-corrected chi connectivity index (χ4v) is 3.85. The predicted octanol–water partition coefficient (Wildman–Crippen LogP) is 0.149. The lowest BCUT2D eigenvalue weighted by atomic mass is 10.2. The molecule has 1 aromatic rings. The Labute approximate surface area is 130 Å². The summed E-state index contributed by atoms with van der Waals surface area (Å²) in [4.78, 5) is 24.6. The van der Waals surface area contributed by atoms with E-state index in [-0.39, 0.29) is 17.2 Å². The van der Waals surface area contributed by atoms with Crippen LogP contribution in [0.25, 0.3) is 0 Å². The van der Waals surface area contributed by atoms with Crippen LogP contribution in [0.3, 0.4) is 0 Å². The molecule has 0 aromatic carbocycles. The van der Waals surface area contributed by atoms with E-state index in [1.54, 1.807) is 0 Å². The van der Waals surface area contributed by atoms with Gasteiger partial charge in [0.25, 0.3) is 5.91 Å². The van der Waals surface area contributed by atoms with E-state index in [0.29, 0.717) is 0 Å². The largest absolute Gasteiger partial charge is 0.481 e. The van der Waals surface area contributed by atoms with E-state index < -0.39 is 50.7 Å². The zero-order valence-electron chi connectivity index (χ0n) is 14.3. The molecule has 10 heteroatoms. The van der Waals surface area contributed by atoms with E-state index >= 15 is 0 Å². The van der Waals surface area contributed by atoms with Gasteiger partial charge in [-0.1, -0.05) is 0 Å². The number of pyridine rings is 1. The van der Waals surface area contributed by atoms with Crippen LogP contribution in [0.15, 0.2) is 11.0 Å². The van der Waals surface area contributed by atoms with Crippen LogP contribution in [0.4, 0.5) is 0 Å². The number of carbonyl (C=O) groups excluding carboxylic acids is 1. The first-order chi connectivity index (χ1) is 11.4. The van der Waals surface area contributed by atoms with Crippen molar-refractivity contribution >= 4 is 15.7 Å². The Morgan fingerprint density at radius 3 is 2.82 bits per heavy atom. The maximum atomic E-state index is 12.5. The highest BCUT2D eigenvalue weighted by Crippen LogP contribution is 2.33. The molecule has 1 aliphatic carbocycles. The number of nitrogens with two attached hydrogens (primary N) is 1. The second kappa shape index (κ2) is 5.87. The number of primary amides is 1. The van der Waals surface area contributed by atoms with Crippen molar-refractivity contribution in [1.82, 2.24) is 4.98 Å². The van der Waals surface area contributed by atoms with Gasteiger partial charge in [0.2, 0.25) is 12.4 Å². The van der Waals surface area contributed by atoms with E-state index in [0.717, 1.165) is 18.9 Å². The molecule has 0 spiro atoms. The summed E-state index contributed by atoms with van der Waals surface area (Å²) in [7, 11) is -6.97. The maximum absolute atomic E-state index is 12.5. The summed E-state index contributed by atoms with van der Waals surface area (Å²) in [6, 6.07) is 0.842. The van der Waals surface area contributed by atoms with E-state index in [1.165, 1.54) is 0 Å². The Kier molecular flexibility index (Phi) is 3.29. The Hall–Kier alpha value is -2.23. The third-order valence-corrected chi connectivity index (χ3v) is 5.03. The fraction of sp³-hybridized carbons (Fsp3) is 0.500. The number of hydrogen-bond acceptors (Lipinski definition) is 7. The van der Waals surface area contributed by atoms with Gasteiger partial charge in [-0.3, -0.25) is 14.9 Å². The van der Waals surface area contributed by atoms with Gasteiger partial charge < -0.3 is 10.5 Å². The van der Waals surface area contributed by atoms with Gasteiger partial charge in [-0.15, -0.1) is 0 Å². The third-order valence-electron chi connectivity index (χ3n) is 3.14.